The van der Waals surface area contributed by atoms with Gasteiger partial charge < -0.3 is 4.90 Å². The predicted molar refractivity (Wildman–Crippen MR) is 98.3 cm³/mol. The number of alkyl halides is 1. The normalized spacial score (nSPS) is 16.8. The summed E-state index contributed by atoms with van der Waals surface area (Å²) in [5.41, 5.74) is 1.71. The molecule has 1 amide bonds. The Hall–Kier alpha value is -2.76. The van der Waals surface area contributed by atoms with Gasteiger partial charge in [-0.1, -0.05) is 18.2 Å². The second-order valence-electron chi connectivity index (χ2n) is 7.10. The van der Waals surface area contributed by atoms with Gasteiger partial charge >= 0.3 is 0 Å². The van der Waals surface area contributed by atoms with Crippen molar-refractivity contribution in [3.05, 3.63) is 54.0 Å². The van der Waals surface area contributed by atoms with E-state index in [1.807, 2.05) is 41.8 Å². The van der Waals surface area contributed by atoms with Crippen LogP contribution in [0.4, 0.5) is 4.39 Å². The van der Waals surface area contributed by atoms with E-state index in [2.05, 4.69) is 9.97 Å². The fourth-order valence-electron chi connectivity index (χ4n) is 3.44. The third-order valence-corrected chi connectivity index (χ3v) is 5.02. The number of hydrogen-bond donors (Lipinski definition) is 0. The van der Waals surface area contributed by atoms with Gasteiger partial charge in [0.2, 0.25) is 0 Å². The number of aryl methyl sites for hydroxylation is 1. The maximum atomic E-state index is 14.0. The monoisotopic (exact) mass is 352 g/mol. The van der Waals surface area contributed by atoms with E-state index in [0.29, 0.717) is 37.0 Å². The molecule has 1 aliphatic rings. The molecule has 1 aromatic carbocycles. The summed E-state index contributed by atoms with van der Waals surface area (Å²) < 4.78 is 15.9. The van der Waals surface area contributed by atoms with E-state index in [9.17, 15) is 9.18 Å². The molecule has 0 aliphatic carbocycles. The molecule has 0 bridgehead atoms. The first-order valence-corrected chi connectivity index (χ1v) is 8.83. The van der Waals surface area contributed by atoms with E-state index < -0.39 is 5.67 Å². The number of aromatic nitrogens is 3. The summed E-state index contributed by atoms with van der Waals surface area (Å²) in [6.07, 6.45) is 2.33. The third kappa shape index (κ3) is 2.96. The summed E-state index contributed by atoms with van der Waals surface area (Å²) in [5, 5.41) is 0. The minimum absolute atomic E-state index is 0.109. The van der Waals surface area contributed by atoms with Gasteiger partial charge in [0.1, 0.15) is 17.0 Å². The van der Waals surface area contributed by atoms with Gasteiger partial charge in [0.25, 0.3) is 5.91 Å². The fraction of sp³-hybridized carbons (Fsp3) is 0.350. The molecule has 3 heterocycles. The summed E-state index contributed by atoms with van der Waals surface area (Å²) in [7, 11) is 0. The number of carbonyl (C=O) groups excluding carboxylic acids is 1. The topological polar surface area (TPSA) is 51.0 Å². The van der Waals surface area contributed by atoms with E-state index in [0.717, 1.165) is 17.2 Å². The Bertz CT molecular complexity index is 955. The molecule has 26 heavy (non-hydrogen) atoms. The first-order chi connectivity index (χ1) is 12.4. The summed E-state index contributed by atoms with van der Waals surface area (Å²) in [6, 6.07) is 11.7. The zero-order valence-corrected chi connectivity index (χ0v) is 14.9. The molecule has 134 valence electrons. The van der Waals surface area contributed by atoms with Gasteiger partial charge in [-0.3, -0.25) is 9.36 Å². The number of pyridine rings is 1. The number of para-hydroxylation sites is 1. The molecule has 0 radical (unpaired) electrons. The van der Waals surface area contributed by atoms with Crippen LogP contribution in [-0.2, 0) is 0 Å². The maximum Gasteiger partial charge on any atom is 0.255 e. The molecule has 5 nitrogen and oxygen atoms in total. The van der Waals surface area contributed by atoms with Crippen LogP contribution in [0.15, 0.2) is 42.6 Å². The molecule has 1 saturated heterocycles. The van der Waals surface area contributed by atoms with E-state index in [1.54, 1.807) is 24.1 Å². The lowest BCUT2D eigenvalue weighted by atomic mass is 9.95. The molecular weight excluding hydrogens is 331 g/mol. The van der Waals surface area contributed by atoms with Gasteiger partial charge in [0.15, 0.2) is 5.65 Å². The number of fused-ring (bicyclic) bond motifs is 1. The van der Waals surface area contributed by atoms with Crippen LogP contribution in [0.3, 0.4) is 0 Å². The van der Waals surface area contributed by atoms with E-state index in [1.165, 1.54) is 0 Å². The molecule has 2 aromatic heterocycles. The smallest absolute Gasteiger partial charge is 0.255 e. The van der Waals surface area contributed by atoms with Crippen molar-refractivity contribution in [2.75, 3.05) is 13.1 Å². The van der Waals surface area contributed by atoms with Gasteiger partial charge in [0.05, 0.1) is 5.56 Å². The Balaban J connectivity index is 1.66. The number of carbonyl (C=O) groups is 1. The molecule has 0 saturated carbocycles. The highest BCUT2D eigenvalue weighted by atomic mass is 19.1. The summed E-state index contributed by atoms with van der Waals surface area (Å²) in [6.45, 7) is 4.38. The lowest BCUT2D eigenvalue weighted by molar-refractivity contribution is 0.0504. The van der Waals surface area contributed by atoms with Crippen LogP contribution < -0.4 is 0 Å². The summed E-state index contributed by atoms with van der Waals surface area (Å²) in [4.78, 5) is 23.5. The Morgan fingerprint density at radius 1 is 1.19 bits per heavy atom. The molecule has 3 aromatic rings. The average Bonchev–Trinajstić information content (AvgIpc) is 2.96. The number of amides is 1. The van der Waals surface area contributed by atoms with E-state index in [4.69, 9.17) is 0 Å². The van der Waals surface area contributed by atoms with Gasteiger partial charge in [0, 0.05) is 25.0 Å². The highest BCUT2D eigenvalue weighted by Gasteiger charge is 2.32. The SMILES string of the molecule is Cc1nc2cc(C(=O)N3CCC(C)(F)CC3)cnc2n1-c1ccccc1. The van der Waals surface area contributed by atoms with Gasteiger partial charge in [-0.2, -0.15) is 0 Å². The van der Waals surface area contributed by atoms with Crippen LogP contribution in [0.2, 0.25) is 0 Å². The lowest BCUT2D eigenvalue weighted by Gasteiger charge is -2.34. The van der Waals surface area contributed by atoms with Crippen LogP contribution in [0.25, 0.3) is 16.9 Å². The standard InChI is InChI=1S/C20H21FN4O/c1-14-23-17-12-15(19(26)24-10-8-20(2,21)9-11-24)13-22-18(17)25(14)16-6-4-3-5-7-16/h3-7,12-13H,8-11H2,1-2H3. The van der Waals surface area contributed by atoms with Crippen molar-refractivity contribution in [2.45, 2.75) is 32.4 Å². The molecule has 0 N–H and O–H groups in total. The molecule has 1 aliphatic heterocycles. The maximum absolute atomic E-state index is 14.0. The minimum atomic E-state index is -1.18. The molecule has 0 spiro atoms. The highest BCUT2D eigenvalue weighted by Crippen LogP contribution is 2.27. The second kappa shape index (κ2) is 6.20. The van der Waals surface area contributed by atoms with Crippen molar-refractivity contribution in [1.29, 1.82) is 0 Å². The van der Waals surface area contributed by atoms with Crippen LogP contribution in [0.1, 0.15) is 35.9 Å². The number of piperidine rings is 1. The van der Waals surface area contributed by atoms with Crippen LogP contribution in [0, 0.1) is 6.92 Å². The van der Waals surface area contributed by atoms with Crippen LogP contribution in [-0.4, -0.2) is 44.1 Å². The predicted octanol–water partition coefficient (Wildman–Crippen LogP) is 3.69. The minimum Gasteiger partial charge on any atom is -0.338 e. The van der Waals surface area contributed by atoms with Crippen molar-refractivity contribution < 1.29 is 9.18 Å². The number of hydrogen-bond acceptors (Lipinski definition) is 3. The summed E-state index contributed by atoms with van der Waals surface area (Å²) >= 11 is 0. The molecule has 0 unspecified atom stereocenters. The zero-order chi connectivity index (χ0) is 18.3. The molecule has 4 rings (SSSR count). The van der Waals surface area contributed by atoms with E-state index in [-0.39, 0.29) is 5.91 Å². The average molecular weight is 352 g/mol. The fourth-order valence-corrected chi connectivity index (χ4v) is 3.44. The Kier molecular flexibility index (Phi) is 3.98. The molecule has 0 atom stereocenters. The van der Waals surface area contributed by atoms with Crippen LogP contribution >= 0.6 is 0 Å². The van der Waals surface area contributed by atoms with Crippen molar-refractivity contribution in [1.82, 2.24) is 19.4 Å². The lowest BCUT2D eigenvalue weighted by Crippen LogP contribution is -2.43. The number of likely N-dealkylation sites (tertiary alicyclic amines) is 1. The van der Waals surface area contributed by atoms with Crippen molar-refractivity contribution >= 4 is 17.1 Å². The zero-order valence-electron chi connectivity index (χ0n) is 14.9. The summed E-state index contributed by atoms with van der Waals surface area (Å²) in [5.74, 6) is 0.705. The van der Waals surface area contributed by atoms with Crippen molar-refractivity contribution in [2.24, 2.45) is 0 Å². The molecular formula is C20H21FN4O. The Labute approximate surface area is 151 Å². The largest absolute Gasteiger partial charge is 0.338 e. The number of benzene rings is 1. The van der Waals surface area contributed by atoms with Gasteiger partial charge in [-0.05, 0) is 44.9 Å². The number of halogens is 1. The van der Waals surface area contributed by atoms with Crippen molar-refractivity contribution in [3.8, 4) is 5.69 Å². The number of rotatable bonds is 2. The quantitative estimate of drug-likeness (QED) is 0.707. The van der Waals surface area contributed by atoms with Crippen molar-refractivity contribution in [3.63, 3.8) is 0 Å². The Morgan fingerprint density at radius 3 is 2.58 bits per heavy atom. The second-order valence-corrected chi connectivity index (χ2v) is 7.10. The molecule has 1 fully saturated rings. The highest BCUT2D eigenvalue weighted by molar-refractivity contribution is 5.96. The number of nitrogens with zero attached hydrogens (tertiary/aromatic N) is 4. The van der Waals surface area contributed by atoms with Gasteiger partial charge in [-0.25, -0.2) is 14.4 Å². The number of imidazole rings is 1. The van der Waals surface area contributed by atoms with E-state index >= 15 is 0 Å². The first-order valence-electron chi connectivity index (χ1n) is 8.83. The van der Waals surface area contributed by atoms with Gasteiger partial charge in [-0.15, -0.1) is 0 Å². The Morgan fingerprint density at radius 2 is 1.88 bits per heavy atom. The first kappa shape index (κ1) is 16.7. The molecule has 6 heteroatoms. The van der Waals surface area contributed by atoms with Crippen LogP contribution in [0.5, 0.6) is 0 Å². The third-order valence-electron chi connectivity index (χ3n) is 5.02.